The maximum atomic E-state index is 5.55. The van der Waals surface area contributed by atoms with E-state index in [1.54, 1.807) is 0 Å². The van der Waals surface area contributed by atoms with E-state index in [0.717, 1.165) is 29.4 Å². The van der Waals surface area contributed by atoms with E-state index in [2.05, 4.69) is 11.8 Å². The summed E-state index contributed by atoms with van der Waals surface area (Å²) < 4.78 is 5.55. The molecular weight excluding hydrogens is 164 g/mol. The van der Waals surface area contributed by atoms with Gasteiger partial charge in [0.15, 0.2) is 0 Å². The van der Waals surface area contributed by atoms with E-state index in [4.69, 9.17) is 4.74 Å². The van der Waals surface area contributed by atoms with Crippen LogP contribution in [-0.4, -0.2) is 23.5 Å². The number of hydrogen-bond donors (Lipinski definition) is 0. The lowest BCUT2D eigenvalue weighted by Crippen LogP contribution is -2.13. The van der Waals surface area contributed by atoms with Crippen molar-refractivity contribution < 1.29 is 4.74 Å². The van der Waals surface area contributed by atoms with Gasteiger partial charge in [-0.1, -0.05) is 25.3 Å². The summed E-state index contributed by atoms with van der Waals surface area (Å²) in [6.07, 6.45) is 9.20. The molecule has 0 aromatic heterocycles. The predicted octanol–water partition coefficient (Wildman–Crippen LogP) is 1.46. The van der Waals surface area contributed by atoms with Crippen LogP contribution in [0.15, 0.2) is 11.8 Å². The Morgan fingerprint density at radius 3 is 2.67 bits per heavy atom. The van der Waals surface area contributed by atoms with Crippen LogP contribution in [-0.2, 0) is 4.74 Å². The molecule has 0 heterocycles. The van der Waals surface area contributed by atoms with Crippen LogP contribution in [0, 0.1) is 5.92 Å². The van der Waals surface area contributed by atoms with Crippen molar-refractivity contribution in [2.75, 3.05) is 13.2 Å². The first kappa shape index (κ1) is 10.0. The Labute approximate surface area is 78.6 Å². The van der Waals surface area contributed by atoms with Gasteiger partial charge in [-0.15, -0.1) is 5.70 Å². The summed E-state index contributed by atoms with van der Waals surface area (Å²) in [6.45, 7) is 1.83. The molecule has 0 saturated heterocycles. The van der Waals surface area contributed by atoms with Crippen LogP contribution in [0.5, 0.6) is 0 Å². The quantitative estimate of drug-likeness (QED) is 0.475. The zero-order valence-electron chi connectivity index (χ0n) is 8.09. The standard InChI is InChI=1S/C10H20OSi/c12-8-4-7-11-9-10-5-2-1-3-6-10/h4,8,10H,1-3,5-7,9H2,12H3. The Balaban J connectivity index is 1.97. The fraction of sp³-hybridized carbons (Fsp3) is 0.800. The highest BCUT2D eigenvalue weighted by molar-refractivity contribution is 6.16. The molecule has 0 amide bonds. The average Bonchev–Trinajstić information content (AvgIpc) is 2.14. The molecular formula is C10H20OSi. The summed E-state index contributed by atoms with van der Waals surface area (Å²) in [5, 5.41) is 0. The second kappa shape index (κ2) is 6.43. The van der Waals surface area contributed by atoms with Gasteiger partial charge in [0.25, 0.3) is 0 Å². The van der Waals surface area contributed by atoms with Crippen molar-refractivity contribution in [1.29, 1.82) is 0 Å². The number of hydrogen-bond acceptors (Lipinski definition) is 1. The van der Waals surface area contributed by atoms with E-state index in [-0.39, 0.29) is 0 Å². The normalized spacial score (nSPS) is 20.7. The van der Waals surface area contributed by atoms with Crippen molar-refractivity contribution >= 4 is 10.2 Å². The van der Waals surface area contributed by atoms with Crippen molar-refractivity contribution in [3.63, 3.8) is 0 Å². The fourth-order valence-corrected chi connectivity index (χ4v) is 1.95. The Hall–Kier alpha value is -0.0831. The second-order valence-corrected chi connectivity index (χ2v) is 4.28. The van der Waals surface area contributed by atoms with Gasteiger partial charge >= 0.3 is 0 Å². The molecule has 0 aromatic carbocycles. The molecule has 1 nitrogen and oxygen atoms in total. The van der Waals surface area contributed by atoms with Crippen LogP contribution in [0.4, 0.5) is 0 Å². The van der Waals surface area contributed by atoms with Crippen molar-refractivity contribution in [2.45, 2.75) is 32.1 Å². The molecule has 0 aromatic rings. The first-order valence-corrected chi connectivity index (χ1v) is 6.28. The van der Waals surface area contributed by atoms with E-state index in [1.807, 2.05) is 0 Å². The van der Waals surface area contributed by atoms with Crippen molar-refractivity contribution in [3.05, 3.63) is 11.8 Å². The van der Waals surface area contributed by atoms with Gasteiger partial charge in [-0.2, -0.15) is 0 Å². The lowest BCUT2D eigenvalue weighted by atomic mass is 9.90. The number of rotatable bonds is 4. The molecule has 1 fully saturated rings. The Bertz CT molecular complexity index is 128. The van der Waals surface area contributed by atoms with Crippen LogP contribution in [0.1, 0.15) is 32.1 Å². The van der Waals surface area contributed by atoms with Crippen LogP contribution in [0.3, 0.4) is 0 Å². The zero-order chi connectivity index (χ0) is 8.65. The summed E-state index contributed by atoms with van der Waals surface area (Å²) >= 11 is 0. The summed E-state index contributed by atoms with van der Waals surface area (Å²) in [4.78, 5) is 0. The third-order valence-corrected chi connectivity index (χ3v) is 3.00. The van der Waals surface area contributed by atoms with Crippen molar-refractivity contribution in [3.8, 4) is 0 Å². The number of ether oxygens (including phenoxy) is 1. The van der Waals surface area contributed by atoms with Crippen LogP contribution in [0.2, 0.25) is 0 Å². The highest BCUT2D eigenvalue weighted by Crippen LogP contribution is 2.23. The summed E-state index contributed by atoms with van der Waals surface area (Å²) in [6, 6.07) is 0. The summed E-state index contributed by atoms with van der Waals surface area (Å²) in [7, 11) is 1.16. The lowest BCUT2D eigenvalue weighted by Gasteiger charge is -2.20. The molecule has 0 bridgehead atoms. The molecule has 12 heavy (non-hydrogen) atoms. The highest BCUT2D eigenvalue weighted by atomic mass is 28.1. The maximum absolute atomic E-state index is 5.55. The molecule has 1 aliphatic carbocycles. The Morgan fingerprint density at radius 1 is 1.25 bits per heavy atom. The Kier molecular flexibility index (Phi) is 5.36. The first-order valence-electron chi connectivity index (χ1n) is 5.12. The monoisotopic (exact) mass is 184 g/mol. The van der Waals surface area contributed by atoms with E-state index in [1.165, 1.54) is 32.1 Å². The maximum Gasteiger partial charge on any atom is 0.0643 e. The summed E-state index contributed by atoms with van der Waals surface area (Å²) in [5.74, 6) is 0.862. The zero-order valence-corrected chi connectivity index (χ0v) is 10.1. The molecule has 0 N–H and O–H groups in total. The molecule has 2 heteroatoms. The third-order valence-electron chi connectivity index (χ3n) is 2.53. The highest BCUT2D eigenvalue weighted by Gasteiger charge is 2.12. The molecule has 0 radical (unpaired) electrons. The van der Waals surface area contributed by atoms with Gasteiger partial charge in [0, 0.05) is 16.8 Å². The molecule has 0 atom stereocenters. The molecule has 1 rings (SSSR count). The van der Waals surface area contributed by atoms with Gasteiger partial charge in [-0.05, 0) is 18.8 Å². The molecule has 1 saturated carbocycles. The Morgan fingerprint density at radius 2 is 2.00 bits per heavy atom. The van der Waals surface area contributed by atoms with Gasteiger partial charge in [-0.25, -0.2) is 0 Å². The molecule has 70 valence electrons. The van der Waals surface area contributed by atoms with Crippen LogP contribution in [0.25, 0.3) is 0 Å². The minimum Gasteiger partial charge on any atom is -0.377 e. The average molecular weight is 184 g/mol. The fourth-order valence-electron chi connectivity index (χ4n) is 1.75. The summed E-state index contributed by atoms with van der Waals surface area (Å²) in [5.41, 5.74) is 2.18. The largest absolute Gasteiger partial charge is 0.377 e. The minimum atomic E-state index is 0.833. The van der Waals surface area contributed by atoms with E-state index < -0.39 is 0 Å². The van der Waals surface area contributed by atoms with Crippen LogP contribution < -0.4 is 0 Å². The first-order chi connectivity index (χ1) is 5.93. The van der Waals surface area contributed by atoms with Crippen LogP contribution >= 0.6 is 0 Å². The van der Waals surface area contributed by atoms with E-state index >= 15 is 0 Å². The SMILES string of the molecule is [SiH3]C=CCOCC1CCCCC1. The molecule has 0 spiro atoms. The van der Waals surface area contributed by atoms with Gasteiger partial charge in [-0.3, -0.25) is 0 Å². The van der Waals surface area contributed by atoms with E-state index in [0.29, 0.717) is 0 Å². The second-order valence-electron chi connectivity index (χ2n) is 3.61. The topological polar surface area (TPSA) is 9.23 Å². The van der Waals surface area contributed by atoms with Gasteiger partial charge < -0.3 is 4.74 Å². The molecule has 1 aliphatic rings. The van der Waals surface area contributed by atoms with Crippen molar-refractivity contribution in [2.24, 2.45) is 5.92 Å². The van der Waals surface area contributed by atoms with E-state index in [9.17, 15) is 0 Å². The van der Waals surface area contributed by atoms with Crippen molar-refractivity contribution in [1.82, 2.24) is 0 Å². The predicted molar refractivity (Wildman–Crippen MR) is 56.5 cm³/mol. The third kappa shape index (κ3) is 4.07. The molecule has 0 aliphatic heterocycles. The van der Waals surface area contributed by atoms with Gasteiger partial charge in [0.05, 0.1) is 6.61 Å². The van der Waals surface area contributed by atoms with Gasteiger partial charge in [0.2, 0.25) is 0 Å². The molecule has 0 unspecified atom stereocenters. The minimum absolute atomic E-state index is 0.833. The lowest BCUT2D eigenvalue weighted by molar-refractivity contribution is 0.106. The smallest absolute Gasteiger partial charge is 0.0643 e. The van der Waals surface area contributed by atoms with Gasteiger partial charge in [0.1, 0.15) is 0 Å².